The number of benzene rings is 1. The predicted octanol–water partition coefficient (Wildman–Crippen LogP) is 3.06. The van der Waals surface area contributed by atoms with Crippen LogP contribution in [-0.2, 0) is 19.1 Å². The number of nitrogens with zero attached hydrogens (tertiary/aromatic N) is 1. The second kappa shape index (κ2) is 6.17. The quantitative estimate of drug-likeness (QED) is 0.852. The van der Waals surface area contributed by atoms with E-state index >= 15 is 0 Å². The van der Waals surface area contributed by atoms with E-state index in [-0.39, 0.29) is 17.8 Å². The van der Waals surface area contributed by atoms with Gasteiger partial charge in [0.2, 0.25) is 0 Å². The van der Waals surface area contributed by atoms with Crippen molar-refractivity contribution in [1.29, 1.82) is 0 Å². The molecular formula is C14H13F4N3O. The van der Waals surface area contributed by atoms with E-state index in [0.29, 0.717) is 12.5 Å². The van der Waals surface area contributed by atoms with Gasteiger partial charge in [0.05, 0.1) is 5.56 Å². The largest absolute Gasteiger partial charge is 0.416 e. The Hall–Kier alpha value is -2.38. The lowest BCUT2D eigenvalue weighted by Crippen LogP contribution is -2.25. The molecule has 118 valence electrons. The second-order valence-electron chi connectivity index (χ2n) is 4.61. The first-order valence-electron chi connectivity index (χ1n) is 6.49. The van der Waals surface area contributed by atoms with Crippen LogP contribution in [0.5, 0.6) is 0 Å². The lowest BCUT2D eigenvalue weighted by atomic mass is 10.1. The van der Waals surface area contributed by atoms with Gasteiger partial charge in [-0.25, -0.2) is 4.39 Å². The molecule has 4 nitrogen and oxygen atoms in total. The molecule has 0 aliphatic heterocycles. The monoisotopic (exact) mass is 315 g/mol. The van der Waals surface area contributed by atoms with Gasteiger partial charge in [0, 0.05) is 12.2 Å². The summed E-state index contributed by atoms with van der Waals surface area (Å²) in [7, 11) is 0. The fraction of sp³-hybridized carbons (Fsp3) is 0.286. The summed E-state index contributed by atoms with van der Waals surface area (Å²) in [6, 6.07) is 3.84. The van der Waals surface area contributed by atoms with E-state index in [2.05, 4.69) is 15.5 Å². The normalized spacial score (nSPS) is 11.5. The number of aryl methyl sites for hydroxylation is 1. The molecule has 1 amide bonds. The Morgan fingerprint density at radius 1 is 1.32 bits per heavy atom. The van der Waals surface area contributed by atoms with Crippen LogP contribution in [-0.4, -0.2) is 16.1 Å². The van der Waals surface area contributed by atoms with Crippen molar-refractivity contribution in [2.24, 2.45) is 0 Å². The maximum absolute atomic E-state index is 13.0. The minimum Gasteiger partial charge on any atom is -0.347 e. The third-order valence-corrected chi connectivity index (χ3v) is 3.06. The summed E-state index contributed by atoms with van der Waals surface area (Å²) >= 11 is 0. The third kappa shape index (κ3) is 3.63. The Kier molecular flexibility index (Phi) is 4.48. The van der Waals surface area contributed by atoms with Crippen molar-refractivity contribution in [2.45, 2.75) is 26.1 Å². The fourth-order valence-electron chi connectivity index (χ4n) is 1.89. The second-order valence-corrected chi connectivity index (χ2v) is 4.61. The molecule has 0 atom stereocenters. The highest BCUT2D eigenvalue weighted by molar-refractivity contribution is 5.92. The van der Waals surface area contributed by atoms with E-state index in [4.69, 9.17) is 0 Å². The average Bonchev–Trinajstić information content (AvgIpc) is 2.93. The summed E-state index contributed by atoms with van der Waals surface area (Å²) in [5.74, 6) is -1.59. The van der Waals surface area contributed by atoms with Gasteiger partial charge in [0.15, 0.2) is 0 Å². The van der Waals surface area contributed by atoms with Gasteiger partial charge in [-0.05, 0) is 30.2 Å². The highest BCUT2D eigenvalue weighted by Gasteiger charge is 2.33. The van der Waals surface area contributed by atoms with Crippen molar-refractivity contribution in [3.05, 3.63) is 52.6 Å². The van der Waals surface area contributed by atoms with E-state index in [0.717, 1.165) is 17.8 Å². The Morgan fingerprint density at radius 3 is 2.64 bits per heavy atom. The van der Waals surface area contributed by atoms with Crippen LogP contribution >= 0.6 is 0 Å². The number of H-pyrrole nitrogens is 1. The number of nitrogens with one attached hydrogen (secondary N) is 2. The number of aromatic amines is 1. The molecule has 0 saturated heterocycles. The van der Waals surface area contributed by atoms with Gasteiger partial charge in [-0.15, -0.1) is 0 Å². The average molecular weight is 315 g/mol. The summed E-state index contributed by atoms with van der Waals surface area (Å²) < 4.78 is 51.5. The zero-order valence-corrected chi connectivity index (χ0v) is 11.6. The fourth-order valence-corrected chi connectivity index (χ4v) is 1.89. The molecule has 0 spiro atoms. The zero-order chi connectivity index (χ0) is 16.3. The summed E-state index contributed by atoms with van der Waals surface area (Å²) in [5, 5.41) is 8.74. The molecule has 22 heavy (non-hydrogen) atoms. The smallest absolute Gasteiger partial charge is 0.347 e. The number of amides is 1. The van der Waals surface area contributed by atoms with Gasteiger partial charge in [0.1, 0.15) is 11.5 Å². The molecule has 0 fully saturated rings. The van der Waals surface area contributed by atoms with Gasteiger partial charge in [-0.1, -0.05) is 13.0 Å². The molecule has 0 saturated carbocycles. The third-order valence-electron chi connectivity index (χ3n) is 3.06. The minimum atomic E-state index is -4.69. The number of alkyl halides is 3. The minimum absolute atomic E-state index is 0.0903. The van der Waals surface area contributed by atoms with Crippen LogP contribution < -0.4 is 5.32 Å². The molecule has 2 N–H and O–H groups in total. The molecule has 0 radical (unpaired) electrons. The van der Waals surface area contributed by atoms with E-state index in [1.807, 2.05) is 6.92 Å². The lowest BCUT2D eigenvalue weighted by molar-refractivity contribution is -0.138. The van der Waals surface area contributed by atoms with Crippen LogP contribution in [0.2, 0.25) is 0 Å². The van der Waals surface area contributed by atoms with Crippen molar-refractivity contribution in [3.63, 3.8) is 0 Å². The number of hydrogen-bond acceptors (Lipinski definition) is 2. The molecule has 1 aromatic carbocycles. The summed E-state index contributed by atoms with van der Waals surface area (Å²) in [5.41, 5.74) is -0.493. The van der Waals surface area contributed by atoms with E-state index in [1.165, 1.54) is 6.07 Å². The maximum Gasteiger partial charge on any atom is 0.416 e. The molecule has 0 unspecified atom stereocenters. The molecule has 0 bridgehead atoms. The number of carbonyl (C=O) groups is 1. The molecule has 2 rings (SSSR count). The predicted molar refractivity (Wildman–Crippen MR) is 70.5 cm³/mol. The maximum atomic E-state index is 13.0. The van der Waals surface area contributed by atoms with Gasteiger partial charge in [-0.3, -0.25) is 9.89 Å². The Balaban J connectivity index is 2.13. The van der Waals surface area contributed by atoms with Crippen LogP contribution in [0.25, 0.3) is 0 Å². The van der Waals surface area contributed by atoms with Crippen LogP contribution in [0.4, 0.5) is 17.6 Å². The van der Waals surface area contributed by atoms with Gasteiger partial charge in [-0.2, -0.15) is 18.3 Å². The van der Waals surface area contributed by atoms with E-state index in [1.54, 1.807) is 0 Å². The Morgan fingerprint density at radius 2 is 2.05 bits per heavy atom. The number of rotatable bonds is 4. The van der Waals surface area contributed by atoms with Crippen LogP contribution in [0.3, 0.4) is 0 Å². The molecule has 0 aliphatic rings. The first kappa shape index (κ1) is 16.0. The summed E-state index contributed by atoms with van der Waals surface area (Å²) in [6.45, 7) is 1.49. The molecule has 1 heterocycles. The number of hydrogen-bond donors (Lipinski definition) is 2. The van der Waals surface area contributed by atoms with Crippen molar-refractivity contribution in [3.8, 4) is 0 Å². The summed E-state index contributed by atoms with van der Waals surface area (Å²) in [6.07, 6.45) is -4.04. The molecule has 0 aliphatic carbocycles. The van der Waals surface area contributed by atoms with Gasteiger partial charge < -0.3 is 5.32 Å². The highest BCUT2D eigenvalue weighted by Crippen LogP contribution is 2.32. The zero-order valence-electron chi connectivity index (χ0n) is 11.6. The van der Waals surface area contributed by atoms with Crippen molar-refractivity contribution in [1.82, 2.24) is 15.5 Å². The topological polar surface area (TPSA) is 57.8 Å². The number of halogens is 4. The van der Waals surface area contributed by atoms with Crippen molar-refractivity contribution < 1.29 is 22.4 Å². The molecule has 8 heteroatoms. The standard InChI is InChI=1S/C14H13F4N3O/c1-2-10-6-12(21-20-10)13(22)19-7-8-3-4-9(15)5-11(8)14(16,17)18/h3-6H,2,7H2,1H3,(H,19,22)(H,20,21). The molecule has 1 aromatic heterocycles. The van der Waals surface area contributed by atoms with E-state index < -0.39 is 23.5 Å². The van der Waals surface area contributed by atoms with Gasteiger partial charge >= 0.3 is 6.18 Å². The van der Waals surface area contributed by atoms with E-state index in [9.17, 15) is 22.4 Å². The number of aromatic nitrogens is 2. The van der Waals surface area contributed by atoms with Crippen LogP contribution in [0, 0.1) is 5.82 Å². The highest BCUT2D eigenvalue weighted by atomic mass is 19.4. The van der Waals surface area contributed by atoms with Crippen LogP contribution in [0.1, 0.15) is 34.2 Å². The Labute approximate surface area is 123 Å². The van der Waals surface area contributed by atoms with Gasteiger partial charge in [0.25, 0.3) is 5.91 Å². The Bertz CT molecular complexity index is 679. The van der Waals surface area contributed by atoms with Crippen molar-refractivity contribution >= 4 is 5.91 Å². The summed E-state index contributed by atoms with van der Waals surface area (Å²) in [4.78, 5) is 11.8. The number of carbonyl (C=O) groups excluding carboxylic acids is 1. The molecule has 2 aromatic rings. The SMILES string of the molecule is CCc1cc(C(=O)NCc2ccc(F)cc2C(F)(F)F)n[nH]1. The first-order valence-corrected chi connectivity index (χ1v) is 6.49. The lowest BCUT2D eigenvalue weighted by Gasteiger charge is -2.13. The molecular weight excluding hydrogens is 302 g/mol. The first-order chi connectivity index (χ1) is 10.3. The van der Waals surface area contributed by atoms with Crippen molar-refractivity contribution in [2.75, 3.05) is 0 Å². The van der Waals surface area contributed by atoms with Crippen LogP contribution in [0.15, 0.2) is 24.3 Å².